The topological polar surface area (TPSA) is 58.1 Å². The first kappa shape index (κ1) is 11.8. The molecule has 0 aliphatic heterocycles. The number of thioether (sulfide) groups is 1. The zero-order valence-electron chi connectivity index (χ0n) is 9.02. The Kier molecular flexibility index (Phi) is 4.36. The number of nitrogens with zero attached hydrogens (tertiary/aromatic N) is 3. The van der Waals surface area contributed by atoms with Crippen molar-refractivity contribution in [3.63, 3.8) is 0 Å². The Hall–Kier alpha value is -1.30. The molecule has 0 aliphatic carbocycles. The maximum atomic E-state index is 11.3. The maximum absolute atomic E-state index is 11.3. The Morgan fingerprint density at radius 3 is 2.87 bits per heavy atom. The molecule has 0 spiro atoms. The van der Waals surface area contributed by atoms with E-state index in [1.54, 1.807) is 14.1 Å². The van der Waals surface area contributed by atoms with Gasteiger partial charge in [0.05, 0.1) is 6.54 Å². The molecule has 1 amide bonds. The first-order valence-corrected chi connectivity index (χ1v) is 5.66. The van der Waals surface area contributed by atoms with E-state index in [2.05, 4.69) is 15.3 Å². The fourth-order valence-corrected chi connectivity index (χ4v) is 1.25. The van der Waals surface area contributed by atoms with Crippen LogP contribution in [0.5, 0.6) is 0 Å². The van der Waals surface area contributed by atoms with Crippen LogP contribution in [0.1, 0.15) is 0 Å². The Labute approximate surface area is 93.3 Å². The molecule has 1 N–H and O–H groups in total. The summed E-state index contributed by atoms with van der Waals surface area (Å²) in [6, 6.07) is 1.81. The summed E-state index contributed by atoms with van der Waals surface area (Å²) in [4.78, 5) is 20.9. The number of carbonyl (C=O) groups excluding carboxylic acids is 1. The number of aromatic nitrogens is 2. The minimum Gasteiger partial charge on any atom is -0.361 e. The molecule has 0 aliphatic rings. The minimum atomic E-state index is 0.0133. The molecule has 5 nitrogen and oxygen atoms in total. The molecule has 0 radical (unpaired) electrons. The van der Waals surface area contributed by atoms with Gasteiger partial charge in [-0.3, -0.25) is 4.79 Å². The molecule has 0 aromatic carbocycles. The van der Waals surface area contributed by atoms with Gasteiger partial charge in [-0.15, -0.1) is 11.8 Å². The van der Waals surface area contributed by atoms with Gasteiger partial charge in [0.25, 0.3) is 0 Å². The molecular formula is C9H14N4OS. The van der Waals surface area contributed by atoms with Crippen LogP contribution in [0.3, 0.4) is 0 Å². The Balaban J connectivity index is 2.54. The first-order valence-electron chi connectivity index (χ1n) is 4.43. The van der Waals surface area contributed by atoms with Gasteiger partial charge in [0.15, 0.2) is 0 Å². The standard InChI is InChI=1S/C9H14N4OS/c1-13(2)9(14)5-10-7-4-8(15-3)12-6-11-7/h4,6H,5H2,1-3H3,(H,10,11,12). The zero-order valence-corrected chi connectivity index (χ0v) is 9.84. The predicted molar refractivity (Wildman–Crippen MR) is 61.0 cm³/mol. The molecule has 0 atom stereocenters. The molecule has 0 saturated carbocycles. The van der Waals surface area contributed by atoms with Crippen molar-refractivity contribution >= 4 is 23.5 Å². The van der Waals surface area contributed by atoms with E-state index in [4.69, 9.17) is 0 Å². The summed E-state index contributed by atoms with van der Waals surface area (Å²) >= 11 is 1.54. The van der Waals surface area contributed by atoms with Crippen LogP contribution in [0.2, 0.25) is 0 Å². The van der Waals surface area contributed by atoms with E-state index in [0.717, 1.165) is 5.03 Å². The van der Waals surface area contributed by atoms with Crippen molar-refractivity contribution in [3.8, 4) is 0 Å². The van der Waals surface area contributed by atoms with Gasteiger partial charge in [0, 0.05) is 20.2 Å². The second-order valence-electron chi connectivity index (χ2n) is 3.09. The number of nitrogens with one attached hydrogen (secondary N) is 1. The minimum absolute atomic E-state index is 0.0133. The van der Waals surface area contributed by atoms with E-state index < -0.39 is 0 Å². The van der Waals surface area contributed by atoms with Gasteiger partial charge in [-0.2, -0.15) is 0 Å². The number of rotatable bonds is 4. The van der Waals surface area contributed by atoms with Gasteiger partial charge >= 0.3 is 0 Å². The van der Waals surface area contributed by atoms with E-state index in [-0.39, 0.29) is 12.5 Å². The molecule has 0 unspecified atom stereocenters. The van der Waals surface area contributed by atoms with E-state index in [1.807, 2.05) is 12.3 Å². The Bertz CT molecular complexity index is 343. The third-order valence-corrected chi connectivity index (χ3v) is 2.41. The van der Waals surface area contributed by atoms with Crippen LogP contribution in [-0.4, -0.2) is 47.7 Å². The lowest BCUT2D eigenvalue weighted by Gasteiger charge is -2.11. The largest absolute Gasteiger partial charge is 0.361 e. The molecule has 1 aromatic heterocycles. The third-order valence-electron chi connectivity index (χ3n) is 1.77. The number of hydrogen-bond acceptors (Lipinski definition) is 5. The highest BCUT2D eigenvalue weighted by molar-refractivity contribution is 7.98. The summed E-state index contributed by atoms with van der Waals surface area (Å²) in [5.41, 5.74) is 0. The molecule has 15 heavy (non-hydrogen) atoms. The fraction of sp³-hybridized carbons (Fsp3) is 0.444. The van der Waals surface area contributed by atoms with Gasteiger partial charge in [-0.25, -0.2) is 9.97 Å². The summed E-state index contributed by atoms with van der Waals surface area (Å²) < 4.78 is 0. The van der Waals surface area contributed by atoms with E-state index in [1.165, 1.54) is 23.0 Å². The highest BCUT2D eigenvalue weighted by Crippen LogP contribution is 2.13. The molecule has 82 valence electrons. The van der Waals surface area contributed by atoms with Crippen molar-refractivity contribution in [1.29, 1.82) is 0 Å². The monoisotopic (exact) mass is 226 g/mol. The van der Waals surface area contributed by atoms with E-state index in [0.29, 0.717) is 5.82 Å². The SMILES string of the molecule is CSc1cc(NCC(=O)N(C)C)ncn1. The molecule has 0 bridgehead atoms. The van der Waals surface area contributed by atoms with Gasteiger partial charge in [0.2, 0.25) is 5.91 Å². The van der Waals surface area contributed by atoms with E-state index in [9.17, 15) is 4.79 Å². The lowest BCUT2D eigenvalue weighted by Crippen LogP contribution is -2.28. The van der Waals surface area contributed by atoms with Crippen LogP contribution in [0.4, 0.5) is 5.82 Å². The summed E-state index contributed by atoms with van der Waals surface area (Å²) in [7, 11) is 3.44. The van der Waals surface area contributed by atoms with Crippen LogP contribution in [0.25, 0.3) is 0 Å². The van der Waals surface area contributed by atoms with Crippen molar-refractivity contribution in [1.82, 2.24) is 14.9 Å². The molecule has 1 aromatic rings. The highest BCUT2D eigenvalue weighted by Gasteiger charge is 2.04. The number of likely N-dealkylation sites (N-methyl/N-ethyl adjacent to an activating group) is 1. The second-order valence-corrected chi connectivity index (χ2v) is 3.91. The van der Waals surface area contributed by atoms with Crippen LogP contribution >= 0.6 is 11.8 Å². The number of carbonyl (C=O) groups is 1. The zero-order chi connectivity index (χ0) is 11.3. The lowest BCUT2D eigenvalue weighted by atomic mass is 10.5. The third kappa shape index (κ3) is 3.75. The lowest BCUT2D eigenvalue weighted by molar-refractivity contribution is -0.126. The van der Waals surface area contributed by atoms with Crippen molar-refractivity contribution in [2.75, 3.05) is 32.2 Å². The fourth-order valence-electron chi connectivity index (χ4n) is 0.872. The van der Waals surface area contributed by atoms with Crippen LogP contribution < -0.4 is 5.32 Å². The maximum Gasteiger partial charge on any atom is 0.241 e. The Morgan fingerprint density at radius 2 is 2.27 bits per heavy atom. The molecule has 1 heterocycles. The van der Waals surface area contributed by atoms with Crippen molar-refractivity contribution < 1.29 is 4.79 Å². The molecule has 1 rings (SSSR count). The molecule has 0 fully saturated rings. The predicted octanol–water partition coefficient (Wildman–Crippen LogP) is 0.699. The number of anilines is 1. The van der Waals surface area contributed by atoms with Crippen molar-refractivity contribution in [3.05, 3.63) is 12.4 Å². The first-order chi connectivity index (χ1) is 7.13. The van der Waals surface area contributed by atoms with Crippen LogP contribution in [0, 0.1) is 0 Å². The normalized spacial score (nSPS) is 9.80. The van der Waals surface area contributed by atoms with Crippen molar-refractivity contribution in [2.45, 2.75) is 5.03 Å². The van der Waals surface area contributed by atoms with Gasteiger partial charge < -0.3 is 10.2 Å². The number of amides is 1. The van der Waals surface area contributed by atoms with Crippen molar-refractivity contribution in [2.24, 2.45) is 0 Å². The smallest absolute Gasteiger partial charge is 0.241 e. The molecular weight excluding hydrogens is 212 g/mol. The van der Waals surface area contributed by atoms with Crippen LogP contribution in [-0.2, 0) is 4.79 Å². The van der Waals surface area contributed by atoms with Gasteiger partial charge in [-0.05, 0) is 6.26 Å². The second kappa shape index (κ2) is 5.55. The quantitative estimate of drug-likeness (QED) is 0.605. The summed E-state index contributed by atoms with van der Waals surface area (Å²) in [5.74, 6) is 0.684. The average molecular weight is 226 g/mol. The van der Waals surface area contributed by atoms with Crippen LogP contribution in [0.15, 0.2) is 17.4 Å². The van der Waals surface area contributed by atoms with E-state index >= 15 is 0 Å². The average Bonchev–Trinajstić information content (AvgIpc) is 2.26. The molecule has 6 heteroatoms. The summed E-state index contributed by atoms with van der Waals surface area (Å²) in [6.07, 6.45) is 3.42. The summed E-state index contributed by atoms with van der Waals surface area (Å²) in [5, 5.41) is 3.82. The Morgan fingerprint density at radius 1 is 1.53 bits per heavy atom. The van der Waals surface area contributed by atoms with Gasteiger partial charge in [-0.1, -0.05) is 0 Å². The van der Waals surface area contributed by atoms with Gasteiger partial charge in [0.1, 0.15) is 17.2 Å². The number of hydrogen-bond donors (Lipinski definition) is 1. The molecule has 0 saturated heterocycles. The summed E-state index contributed by atoms with van der Waals surface area (Å²) in [6.45, 7) is 0.248. The highest BCUT2D eigenvalue weighted by atomic mass is 32.2.